The van der Waals surface area contributed by atoms with E-state index in [4.69, 9.17) is 0 Å². The number of amides is 1. The summed E-state index contributed by atoms with van der Waals surface area (Å²) < 4.78 is 67.0. The van der Waals surface area contributed by atoms with Gasteiger partial charge in [-0.05, 0) is 50.3 Å². The van der Waals surface area contributed by atoms with Crippen molar-refractivity contribution in [3.63, 3.8) is 0 Å². The lowest BCUT2D eigenvalue weighted by atomic mass is 9.86. The third kappa shape index (κ3) is 6.01. The number of carbonyl (C=O) groups is 1. The van der Waals surface area contributed by atoms with E-state index >= 15 is 0 Å². The van der Waals surface area contributed by atoms with Crippen LogP contribution < -0.4 is 15.4 Å². The van der Waals surface area contributed by atoms with Gasteiger partial charge in [-0.15, -0.1) is 0 Å². The second kappa shape index (κ2) is 10.0. The highest BCUT2D eigenvalue weighted by molar-refractivity contribution is 5.97. The van der Waals surface area contributed by atoms with Crippen molar-refractivity contribution in [1.82, 2.24) is 15.6 Å². The topological polar surface area (TPSA) is 63.2 Å². The zero-order valence-corrected chi connectivity index (χ0v) is 16.0. The highest BCUT2D eigenvalue weighted by Gasteiger charge is 2.23. The molecule has 1 aromatic heterocycles. The van der Waals surface area contributed by atoms with E-state index in [0.29, 0.717) is 12.5 Å². The Balaban J connectivity index is 1.57. The Bertz CT molecular complexity index is 873. The lowest BCUT2D eigenvalue weighted by Crippen LogP contribution is -2.39. The van der Waals surface area contributed by atoms with Gasteiger partial charge in [0.2, 0.25) is 0 Å². The van der Waals surface area contributed by atoms with E-state index in [0.717, 1.165) is 37.8 Å². The van der Waals surface area contributed by atoms with Gasteiger partial charge in [-0.2, -0.15) is 8.78 Å². The second-order valence-corrected chi connectivity index (χ2v) is 7.32. The molecule has 2 N–H and O–H groups in total. The van der Waals surface area contributed by atoms with Gasteiger partial charge in [0.1, 0.15) is 0 Å². The smallest absolute Gasteiger partial charge is 0.387 e. The molecule has 30 heavy (non-hydrogen) atoms. The highest BCUT2D eigenvalue weighted by atomic mass is 19.3. The number of hydrogen-bond acceptors (Lipinski definition) is 4. The summed E-state index contributed by atoms with van der Waals surface area (Å²) in [7, 11) is 0. The molecule has 1 heterocycles. The summed E-state index contributed by atoms with van der Waals surface area (Å²) in [6.07, 6.45) is 2.02. The average molecular weight is 431 g/mol. The minimum Gasteiger partial charge on any atom is -0.432 e. The molecule has 1 fully saturated rings. The van der Waals surface area contributed by atoms with Gasteiger partial charge in [0, 0.05) is 23.7 Å². The number of pyridine rings is 1. The zero-order valence-electron chi connectivity index (χ0n) is 16.0. The van der Waals surface area contributed by atoms with Crippen molar-refractivity contribution in [2.75, 3.05) is 13.1 Å². The Hall–Kier alpha value is -2.49. The number of halogens is 5. The molecule has 0 spiro atoms. The first-order valence-electron chi connectivity index (χ1n) is 9.65. The Labute approximate surface area is 170 Å². The normalized spacial score (nSPS) is 19.4. The van der Waals surface area contributed by atoms with Gasteiger partial charge in [-0.1, -0.05) is 0 Å². The maximum absolute atomic E-state index is 13.9. The van der Waals surface area contributed by atoms with E-state index < -0.39 is 24.6 Å². The summed E-state index contributed by atoms with van der Waals surface area (Å²) in [6, 6.07) is 3.45. The van der Waals surface area contributed by atoms with Crippen LogP contribution in [0.2, 0.25) is 0 Å². The van der Waals surface area contributed by atoms with Gasteiger partial charge < -0.3 is 15.4 Å². The molecule has 0 saturated heterocycles. The van der Waals surface area contributed by atoms with Gasteiger partial charge >= 0.3 is 6.61 Å². The summed E-state index contributed by atoms with van der Waals surface area (Å²) >= 11 is 0. The number of carbonyl (C=O) groups excluding carboxylic acids is 1. The van der Waals surface area contributed by atoms with Crippen LogP contribution in [-0.4, -0.2) is 43.1 Å². The molecule has 5 nitrogen and oxygen atoms in total. The van der Waals surface area contributed by atoms with Crippen molar-refractivity contribution in [2.24, 2.45) is 5.92 Å². The summed E-state index contributed by atoms with van der Waals surface area (Å²) in [5, 5.41) is 5.94. The molecule has 0 aliphatic heterocycles. The Morgan fingerprint density at radius 2 is 1.87 bits per heavy atom. The van der Waals surface area contributed by atoms with Crippen molar-refractivity contribution < 1.29 is 31.5 Å². The number of alkyl halides is 4. The fourth-order valence-corrected chi connectivity index (χ4v) is 3.62. The number of nitrogens with one attached hydrogen (secondary N) is 2. The van der Waals surface area contributed by atoms with Crippen LogP contribution >= 0.6 is 0 Å². The first-order chi connectivity index (χ1) is 14.3. The molecule has 164 valence electrons. The lowest BCUT2D eigenvalue weighted by Gasteiger charge is -2.29. The molecular weight excluding hydrogens is 409 g/mol. The van der Waals surface area contributed by atoms with Crippen molar-refractivity contribution in [3.8, 4) is 5.75 Å². The summed E-state index contributed by atoms with van der Waals surface area (Å²) in [5.41, 5.74) is 0.450. The van der Waals surface area contributed by atoms with E-state index in [1.807, 2.05) is 0 Å². The van der Waals surface area contributed by atoms with Crippen LogP contribution in [0.3, 0.4) is 0 Å². The predicted molar refractivity (Wildman–Crippen MR) is 100 cm³/mol. The van der Waals surface area contributed by atoms with Gasteiger partial charge in [0.05, 0.1) is 17.6 Å². The van der Waals surface area contributed by atoms with Gasteiger partial charge in [-0.25, -0.2) is 13.2 Å². The molecule has 0 unspecified atom stereocenters. The van der Waals surface area contributed by atoms with E-state index in [2.05, 4.69) is 20.4 Å². The van der Waals surface area contributed by atoms with Crippen molar-refractivity contribution in [3.05, 3.63) is 35.8 Å². The quantitative estimate of drug-likeness (QED) is 0.618. The molecule has 3 rings (SSSR count). The Morgan fingerprint density at radius 3 is 2.53 bits per heavy atom. The zero-order chi connectivity index (χ0) is 21.7. The first-order valence-corrected chi connectivity index (χ1v) is 9.65. The second-order valence-electron chi connectivity index (χ2n) is 7.32. The largest absolute Gasteiger partial charge is 0.432 e. The number of aromatic nitrogens is 1. The maximum Gasteiger partial charge on any atom is 0.387 e. The molecule has 0 atom stereocenters. The summed E-state index contributed by atoms with van der Waals surface area (Å²) in [6.45, 7) is -2.94. The number of ether oxygens (including phenoxy) is 1. The molecule has 2 aromatic rings. The molecule has 1 aliphatic rings. The standard InChI is InChI=1S/C20H22F5N3O2/c21-15-6-12-5-13(9-27-16(12)7-17(15)30-20(24)25)19(29)28-14-3-1-11(2-4-14)8-26-10-18(22)23/h5-7,9,11,14,18,20,26H,1-4,8,10H2,(H,28,29)/t11-,14-. The molecule has 1 aromatic carbocycles. The number of hydrogen-bond donors (Lipinski definition) is 2. The number of benzene rings is 1. The summed E-state index contributed by atoms with van der Waals surface area (Å²) in [4.78, 5) is 16.6. The Morgan fingerprint density at radius 1 is 1.13 bits per heavy atom. The number of nitrogens with zero attached hydrogens (tertiary/aromatic N) is 1. The van der Waals surface area contributed by atoms with Gasteiger partial charge in [0.15, 0.2) is 11.6 Å². The molecule has 10 heteroatoms. The molecular formula is C20H22F5N3O2. The first kappa shape index (κ1) is 22.2. The summed E-state index contributed by atoms with van der Waals surface area (Å²) in [5.74, 6) is -1.65. The van der Waals surface area contributed by atoms with E-state index in [-0.39, 0.29) is 35.0 Å². The monoisotopic (exact) mass is 431 g/mol. The van der Waals surface area contributed by atoms with Crippen LogP contribution in [0, 0.1) is 11.7 Å². The van der Waals surface area contributed by atoms with Crippen LogP contribution in [0.1, 0.15) is 36.0 Å². The molecule has 1 aliphatic carbocycles. The third-order valence-corrected chi connectivity index (χ3v) is 5.13. The molecule has 0 bridgehead atoms. The van der Waals surface area contributed by atoms with Crippen LogP contribution in [-0.2, 0) is 0 Å². The highest BCUT2D eigenvalue weighted by Crippen LogP contribution is 2.26. The van der Waals surface area contributed by atoms with Crippen LogP contribution in [0.5, 0.6) is 5.75 Å². The minimum atomic E-state index is -3.16. The maximum atomic E-state index is 13.9. The van der Waals surface area contributed by atoms with Crippen molar-refractivity contribution >= 4 is 16.8 Å². The SMILES string of the molecule is O=C(N[C@H]1CC[C@H](CNCC(F)F)CC1)c1cnc2cc(OC(F)F)c(F)cc2c1. The number of fused-ring (bicyclic) bond motifs is 1. The fourth-order valence-electron chi connectivity index (χ4n) is 3.62. The van der Waals surface area contributed by atoms with E-state index in [1.54, 1.807) is 0 Å². The van der Waals surface area contributed by atoms with Crippen LogP contribution in [0.15, 0.2) is 24.4 Å². The van der Waals surface area contributed by atoms with Gasteiger partial charge in [0.25, 0.3) is 12.3 Å². The molecule has 1 amide bonds. The fraction of sp³-hybridized carbons (Fsp3) is 0.500. The van der Waals surface area contributed by atoms with E-state index in [9.17, 15) is 26.7 Å². The molecule has 0 radical (unpaired) electrons. The number of rotatable bonds is 8. The van der Waals surface area contributed by atoms with Crippen LogP contribution in [0.25, 0.3) is 10.9 Å². The molecule has 1 saturated carbocycles. The third-order valence-electron chi connectivity index (χ3n) is 5.13. The van der Waals surface area contributed by atoms with Crippen molar-refractivity contribution in [1.29, 1.82) is 0 Å². The predicted octanol–water partition coefficient (Wildman–Crippen LogP) is 4.12. The van der Waals surface area contributed by atoms with Gasteiger partial charge in [-0.3, -0.25) is 9.78 Å². The average Bonchev–Trinajstić information content (AvgIpc) is 2.69. The van der Waals surface area contributed by atoms with Crippen LogP contribution in [0.4, 0.5) is 22.0 Å². The Kier molecular flexibility index (Phi) is 7.41. The van der Waals surface area contributed by atoms with Crippen molar-refractivity contribution in [2.45, 2.75) is 44.8 Å². The lowest BCUT2D eigenvalue weighted by molar-refractivity contribution is -0.0520. The van der Waals surface area contributed by atoms with E-state index in [1.165, 1.54) is 12.3 Å². The minimum absolute atomic E-state index is 0.0434.